The molecule has 1 aliphatic carbocycles. The normalized spacial score (nSPS) is 24.1. The summed E-state index contributed by atoms with van der Waals surface area (Å²) in [7, 11) is 0. The molecule has 0 spiro atoms. The predicted molar refractivity (Wildman–Crippen MR) is 115 cm³/mol. The van der Waals surface area contributed by atoms with Crippen molar-refractivity contribution in [2.75, 3.05) is 39.1 Å². The van der Waals surface area contributed by atoms with Crippen molar-refractivity contribution >= 4 is 17.7 Å². The van der Waals surface area contributed by atoms with E-state index in [-0.39, 0.29) is 0 Å². The highest BCUT2D eigenvalue weighted by atomic mass is 32.2. The first-order chi connectivity index (χ1) is 13.3. The molecule has 2 atom stereocenters. The highest BCUT2D eigenvalue weighted by molar-refractivity contribution is 7.99. The number of morpholine rings is 1. The van der Waals surface area contributed by atoms with Gasteiger partial charge in [-0.15, -0.1) is 0 Å². The Morgan fingerprint density at radius 1 is 1.19 bits per heavy atom. The number of aliphatic imine (C=N–C) groups is 1. The molecule has 5 nitrogen and oxygen atoms in total. The summed E-state index contributed by atoms with van der Waals surface area (Å²) in [4.78, 5) is 7.26. The third-order valence-electron chi connectivity index (χ3n) is 5.36. The Morgan fingerprint density at radius 2 is 1.93 bits per heavy atom. The monoisotopic (exact) mass is 390 g/mol. The fourth-order valence-electron chi connectivity index (χ4n) is 3.74. The SMILES string of the molecule is CCNC(=NCc1ccc(CN2CCOCC2)cc1)NC1CCC(SC)C1. The number of ether oxygens (including phenoxy) is 1. The topological polar surface area (TPSA) is 48.9 Å². The van der Waals surface area contributed by atoms with Crippen LogP contribution in [0.2, 0.25) is 0 Å². The van der Waals surface area contributed by atoms with E-state index in [4.69, 9.17) is 9.73 Å². The van der Waals surface area contributed by atoms with Crippen molar-refractivity contribution < 1.29 is 4.74 Å². The highest BCUT2D eigenvalue weighted by Crippen LogP contribution is 2.28. The molecule has 0 amide bonds. The quantitative estimate of drug-likeness (QED) is 0.554. The van der Waals surface area contributed by atoms with Crippen LogP contribution in [0.25, 0.3) is 0 Å². The third kappa shape index (κ3) is 6.70. The van der Waals surface area contributed by atoms with Crippen LogP contribution in [0.5, 0.6) is 0 Å². The van der Waals surface area contributed by atoms with Crippen LogP contribution < -0.4 is 10.6 Å². The second-order valence-electron chi connectivity index (χ2n) is 7.41. The molecule has 6 heteroatoms. The lowest BCUT2D eigenvalue weighted by Gasteiger charge is -2.26. The third-order valence-corrected chi connectivity index (χ3v) is 6.45. The van der Waals surface area contributed by atoms with Gasteiger partial charge in [-0.2, -0.15) is 11.8 Å². The molecule has 1 saturated heterocycles. The molecule has 2 unspecified atom stereocenters. The van der Waals surface area contributed by atoms with E-state index in [1.54, 1.807) is 0 Å². The number of rotatable bonds is 7. The van der Waals surface area contributed by atoms with Crippen LogP contribution in [-0.4, -0.2) is 61.3 Å². The molecular formula is C21H34N4OS. The van der Waals surface area contributed by atoms with Crippen LogP contribution in [0.4, 0.5) is 0 Å². The van der Waals surface area contributed by atoms with E-state index in [1.807, 2.05) is 11.8 Å². The Kier molecular flexibility index (Phi) is 8.30. The lowest BCUT2D eigenvalue weighted by Crippen LogP contribution is -2.42. The highest BCUT2D eigenvalue weighted by Gasteiger charge is 2.24. The molecule has 1 aliphatic heterocycles. The number of nitrogens with zero attached hydrogens (tertiary/aromatic N) is 2. The zero-order chi connectivity index (χ0) is 18.9. The first-order valence-corrected chi connectivity index (χ1v) is 11.5. The molecular weight excluding hydrogens is 356 g/mol. The Hall–Kier alpha value is -1.24. The largest absolute Gasteiger partial charge is 0.379 e. The minimum absolute atomic E-state index is 0.552. The number of guanidine groups is 1. The van der Waals surface area contributed by atoms with Crippen LogP contribution in [0.15, 0.2) is 29.3 Å². The van der Waals surface area contributed by atoms with E-state index in [9.17, 15) is 0 Å². The number of hydrogen-bond donors (Lipinski definition) is 2. The van der Waals surface area contributed by atoms with Gasteiger partial charge in [0.2, 0.25) is 0 Å². The van der Waals surface area contributed by atoms with Crippen LogP contribution in [0.1, 0.15) is 37.3 Å². The summed E-state index contributed by atoms with van der Waals surface area (Å²) < 4.78 is 5.42. The Balaban J connectivity index is 1.50. The molecule has 1 aromatic carbocycles. The second kappa shape index (κ2) is 10.9. The van der Waals surface area contributed by atoms with Crippen molar-refractivity contribution in [1.29, 1.82) is 0 Å². The maximum atomic E-state index is 5.42. The summed E-state index contributed by atoms with van der Waals surface area (Å²) in [5.41, 5.74) is 2.62. The number of hydrogen-bond acceptors (Lipinski definition) is 4. The molecule has 27 heavy (non-hydrogen) atoms. The van der Waals surface area contributed by atoms with E-state index in [0.717, 1.165) is 50.6 Å². The smallest absolute Gasteiger partial charge is 0.191 e. The summed E-state index contributed by atoms with van der Waals surface area (Å²) >= 11 is 1.99. The lowest BCUT2D eigenvalue weighted by atomic mass is 10.1. The maximum absolute atomic E-state index is 5.42. The maximum Gasteiger partial charge on any atom is 0.191 e. The van der Waals surface area contributed by atoms with Gasteiger partial charge in [0.15, 0.2) is 5.96 Å². The van der Waals surface area contributed by atoms with Gasteiger partial charge in [0, 0.05) is 37.5 Å². The van der Waals surface area contributed by atoms with Crippen molar-refractivity contribution in [3.8, 4) is 0 Å². The molecule has 1 saturated carbocycles. The van der Waals surface area contributed by atoms with Gasteiger partial charge in [-0.25, -0.2) is 4.99 Å². The Labute approximate surface area is 168 Å². The summed E-state index contributed by atoms with van der Waals surface area (Å²) in [5.74, 6) is 0.946. The van der Waals surface area contributed by atoms with Crippen LogP contribution in [0, 0.1) is 0 Å². The lowest BCUT2D eigenvalue weighted by molar-refractivity contribution is 0.0342. The van der Waals surface area contributed by atoms with Gasteiger partial charge >= 0.3 is 0 Å². The zero-order valence-electron chi connectivity index (χ0n) is 16.7. The fraction of sp³-hybridized carbons (Fsp3) is 0.667. The Morgan fingerprint density at radius 3 is 2.59 bits per heavy atom. The summed E-state index contributed by atoms with van der Waals surface area (Å²) in [6.07, 6.45) is 6.01. The molecule has 0 aromatic heterocycles. The van der Waals surface area contributed by atoms with Crippen molar-refractivity contribution in [2.45, 2.75) is 50.6 Å². The summed E-state index contributed by atoms with van der Waals surface area (Å²) in [5, 5.41) is 7.81. The van der Waals surface area contributed by atoms with Gasteiger partial charge in [-0.05, 0) is 43.6 Å². The minimum atomic E-state index is 0.552. The zero-order valence-corrected chi connectivity index (χ0v) is 17.6. The molecule has 2 N–H and O–H groups in total. The van der Waals surface area contributed by atoms with Crippen molar-refractivity contribution in [3.63, 3.8) is 0 Å². The number of thioether (sulfide) groups is 1. The van der Waals surface area contributed by atoms with Crippen LogP contribution >= 0.6 is 11.8 Å². The van der Waals surface area contributed by atoms with E-state index in [1.165, 1.54) is 30.4 Å². The molecule has 2 aliphatic rings. The van der Waals surface area contributed by atoms with Gasteiger partial charge in [0.1, 0.15) is 0 Å². The van der Waals surface area contributed by atoms with Gasteiger partial charge in [0.25, 0.3) is 0 Å². The fourth-order valence-corrected chi connectivity index (χ4v) is 4.53. The van der Waals surface area contributed by atoms with Gasteiger partial charge in [0.05, 0.1) is 19.8 Å². The average Bonchev–Trinajstić information content (AvgIpc) is 3.16. The standard InChI is InChI=1S/C21H34N4OS/c1-3-22-21(24-19-8-9-20(14-19)27-2)23-15-17-4-6-18(7-5-17)16-25-10-12-26-13-11-25/h4-7,19-20H,3,8-16H2,1-2H3,(H2,22,23,24). The van der Waals surface area contributed by atoms with Crippen molar-refractivity contribution in [1.82, 2.24) is 15.5 Å². The molecule has 150 valence electrons. The number of nitrogens with one attached hydrogen (secondary N) is 2. The minimum Gasteiger partial charge on any atom is -0.379 e. The first kappa shape index (κ1) is 20.5. The van der Waals surface area contributed by atoms with E-state index in [2.05, 4.69) is 53.0 Å². The van der Waals surface area contributed by atoms with Gasteiger partial charge in [-0.1, -0.05) is 24.3 Å². The predicted octanol–water partition coefficient (Wildman–Crippen LogP) is 2.86. The van der Waals surface area contributed by atoms with Gasteiger partial charge in [-0.3, -0.25) is 4.90 Å². The summed E-state index contributed by atoms with van der Waals surface area (Å²) in [6.45, 7) is 8.50. The van der Waals surface area contributed by atoms with Gasteiger partial charge < -0.3 is 15.4 Å². The first-order valence-electron chi connectivity index (χ1n) is 10.2. The molecule has 1 aromatic rings. The molecule has 0 bridgehead atoms. The average molecular weight is 391 g/mol. The Bertz CT molecular complexity index is 586. The van der Waals surface area contributed by atoms with Crippen LogP contribution in [0.3, 0.4) is 0 Å². The van der Waals surface area contributed by atoms with Crippen molar-refractivity contribution in [3.05, 3.63) is 35.4 Å². The second-order valence-corrected chi connectivity index (χ2v) is 8.55. The molecule has 3 rings (SSSR count). The van der Waals surface area contributed by atoms with Crippen LogP contribution in [-0.2, 0) is 17.8 Å². The van der Waals surface area contributed by atoms with E-state index in [0.29, 0.717) is 12.6 Å². The summed E-state index contributed by atoms with van der Waals surface area (Å²) in [6, 6.07) is 9.45. The molecule has 1 heterocycles. The van der Waals surface area contributed by atoms with E-state index < -0.39 is 0 Å². The molecule has 0 radical (unpaired) electrons. The number of benzene rings is 1. The van der Waals surface area contributed by atoms with E-state index >= 15 is 0 Å². The van der Waals surface area contributed by atoms with Crippen molar-refractivity contribution in [2.24, 2.45) is 4.99 Å². The molecule has 2 fully saturated rings.